The molecule has 2 aromatic rings. The molecule has 1 fully saturated rings. The van der Waals surface area contributed by atoms with Crippen molar-refractivity contribution in [2.24, 2.45) is 13.0 Å². The highest BCUT2D eigenvalue weighted by Gasteiger charge is 2.37. The summed E-state index contributed by atoms with van der Waals surface area (Å²) in [6, 6.07) is 7.68. The number of rotatable bonds is 6. The number of carbonyl (C=O) groups is 1. The van der Waals surface area contributed by atoms with Gasteiger partial charge in [-0.3, -0.25) is 9.48 Å². The van der Waals surface area contributed by atoms with Crippen LogP contribution in [0.4, 0.5) is 14.6 Å². The van der Waals surface area contributed by atoms with Crippen LogP contribution in [-0.4, -0.2) is 42.7 Å². The van der Waals surface area contributed by atoms with E-state index in [9.17, 15) is 22.0 Å². The van der Waals surface area contributed by atoms with Crippen molar-refractivity contribution in [2.75, 3.05) is 11.6 Å². The van der Waals surface area contributed by atoms with Gasteiger partial charge < -0.3 is 5.32 Å². The fraction of sp³-hybridized carbons (Fsp3) is 0.474. The molecule has 152 valence electrons. The first kappa shape index (κ1) is 20.4. The minimum atomic E-state index is -3.36. The number of hydrogen-bond acceptors (Lipinski definition) is 4. The zero-order valence-corrected chi connectivity index (χ0v) is 16.5. The van der Waals surface area contributed by atoms with Gasteiger partial charge >= 0.3 is 0 Å². The minimum Gasteiger partial charge on any atom is -0.309 e. The van der Waals surface area contributed by atoms with Crippen LogP contribution >= 0.6 is 0 Å². The van der Waals surface area contributed by atoms with Gasteiger partial charge in [-0.15, -0.1) is 0 Å². The van der Waals surface area contributed by atoms with Crippen LogP contribution in [0.15, 0.2) is 41.4 Å². The molecule has 1 aromatic heterocycles. The van der Waals surface area contributed by atoms with Crippen molar-refractivity contribution in [3.05, 3.63) is 42.1 Å². The lowest BCUT2D eigenvalue weighted by molar-refractivity contribution is -0.118. The molecule has 3 rings (SSSR count). The molecule has 1 heterocycles. The molecule has 1 aliphatic carbocycles. The number of aryl methyl sites for hydroxylation is 1. The standard InChI is InChI=1S/C19H23F2N3O3S/c1-24-8-7-18(23-24)22-19(25)15(9-12-10-16(20)17(21)11-12)13-3-5-14(6-4-13)28(2,26)27/h3-8,12,15-17H,9-11H2,1-2H3,(H,22,23,25)/t15?,16-,17-/m1/s1. The highest BCUT2D eigenvalue weighted by Crippen LogP contribution is 2.38. The Hall–Kier alpha value is -2.29. The first-order chi connectivity index (χ1) is 13.1. The Bertz CT molecular complexity index is 934. The van der Waals surface area contributed by atoms with Gasteiger partial charge in [0.15, 0.2) is 15.7 Å². The third kappa shape index (κ3) is 4.76. The van der Waals surface area contributed by atoms with Gasteiger partial charge in [0.05, 0.1) is 10.8 Å². The van der Waals surface area contributed by atoms with E-state index in [1.54, 1.807) is 36.1 Å². The molecule has 6 nitrogen and oxygen atoms in total. The van der Waals surface area contributed by atoms with Crippen LogP contribution < -0.4 is 5.32 Å². The lowest BCUT2D eigenvalue weighted by Gasteiger charge is -2.20. The summed E-state index contributed by atoms with van der Waals surface area (Å²) in [6.07, 6.45) is 0.219. The van der Waals surface area contributed by atoms with Gasteiger partial charge in [-0.05, 0) is 42.9 Å². The van der Waals surface area contributed by atoms with Crippen LogP contribution in [0.3, 0.4) is 0 Å². The zero-order chi connectivity index (χ0) is 20.5. The van der Waals surface area contributed by atoms with Crippen molar-refractivity contribution in [1.29, 1.82) is 0 Å². The molecular weight excluding hydrogens is 388 g/mol. The van der Waals surface area contributed by atoms with Gasteiger partial charge in [0.1, 0.15) is 12.3 Å². The van der Waals surface area contributed by atoms with E-state index >= 15 is 0 Å². The van der Waals surface area contributed by atoms with Crippen LogP contribution in [0.25, 0.3) is 0 Å². The van der Waals surface area contributed by atoms with Crippen molar-refractivity contribution in [3.8, 4) is 0 Å². The molecule has 28 heavy (non-hydrogen) atoms. The van der Waals surface area contributed by atoms with Gasteiger partial charge in [0.25, 0.3) is 0 Å². The molecular formula is C19H23F2N3O3S. The number of nitrogens with zero attached hydrogens (tertiary/aromatic N) is 2. The second kappa shape index (κ2) is 7.98. The Kier molecular flexibility index (Phi) is 5.83. The number of carbonyl (C=O) groups excluding carboxylic acids is 1. The largest absolute Gasteiger partial charge is 0.309 e. The maximum Gasteiger partial charge on any atom is 0.233 e. The molecule has 9 heteroatoms. The van der Waals surface area contributed by atoms with Crippen LogP contribution in [0.1, 0.15) is 30.7 Å². The normalized spacial score (nSPS) is 21.6. The van der Waals surface area contributed by atoms with E-state index in [2.05, 4.69) is 10.4 Å². The molecule has 0 radical (unpaired) electrons. The molecule has 0 bridgehead atoms. The van der Waals surface area contributed by atoms with Gasteiger partial charge in [0, 0.05) is 25.6 Å². The smallest absolute Gasteiger partial charge is 0.233 e. The topological polar surface area (TPSA) is 81.1 Å². The van der Waals surface area contributed by atoms with Gasteiger partial charge in [0.2, 0.25) is 5.91 Å². The van der Waals surface area contributed by atoms with E-state index in [0.29, 0.717) is 11.4 Å². The van der Waals surface area contributed by atoms with E-state index < -0.39 is 28.1 Å². The van der Waals surface area contributed by atoms with Gasteiger partial charge in [-0.2, -0.15) is 5.10 Å². The molecule has 1 amide bonds. The Balaban J connectivity index is 1.84. The second-order valence-corrected chi connectivity index (χ2v) is 9.38. The average molecular weight is 411 g/mol. The number of alkyl halides is 2. The Labute approximate surface area is 162 Å². The number of hydrogen-bond donors (Lipinski definition) is 1. The minimum absolute atomic E-state index is 0.0793. The van der Waals surface area contributed by atoms with E-state index in [1.165, 1.54) is 12.1 Å². The van der Waals surface area contributed by atoms with Crippen molar-refractivity contribution in [2.45, 2.75) is 42.4 Å². The van der Waals surface area contributed by atoms with E-state index in [1.807, 2.05) is 0 Å². The van der Waals surface area contributed by atoms with Crippen molar-refractivity contribution >= 4 is 21.6 Å². The Morgan fingerprint density at radius 3 is 2.32 bits per heavy atom. The summed E-state index contributed by atoms with van der Waals surface area (Å²) in [7, 11) is -1.64. The fourth-order valence-electron chi connectivity index (χ4n) is 3.59. The first-order valence-corrected chi connectivity index (χ1v) is 10.9. The molecule has 1 aliphatic rings. The lowest BCUT2D eigenvalue weighted by atomic mass is 9.87. The molecule has 1 saturated carbocycles. The third-order valence-corrected chi connectivity index (χ3v) is 6.20. The van der Waals surface area contributed by atoms with Crippen molar-refractivity contribution < 1.29 is 22.0 Å². The van der Waals surface area contributed by atoms with E-state index in [-0.39, 0.29) is 36.0 Å². The Morgan fingerprint density at radius 1 is 1.21 bits per heavy atom. The van der Waals surface area contributed by atoms with E-state index in [0.717, 1.165) is 6.26 Å². The number of anilines is 1. The number of benzene rings is 1. The number of nitrogens with one attached hydrogen (secondary N) is 1. The molecule has 0 saturated heterocycles. The second-order valence-electron chi connectivity index (χ2n) is 7.36. The Morgan fingerprint density at radius 2 is 1.82 bits per heavy atom. The van der Waals surface area contributed by atoms with Crippen molar-refractivity contribution in [3.63, 3.8) is 0 Å². The van der Waals surface area contributed by atoms with Gasteiger partial charge in [-0.1, -0.05) is 12.1 Å². The van der Waals surface area contributed by atoms with Crippen molar-refractivity contribution in [1.82, 2.24) is 9.78 Å². The molecule has 1 unspecified atom stereocenters. The molecule has 0 spiro atoms. The predicted molar refractivity (Wildman–Crippen MR) is 101 cm³/mol. The summed E-state index contributed by atoms with van der Waals surface area (Å²) in [5, 5.41) is 6.84. The summed E-state index contributed by atoms with van der Waals surface area (Å²) in [5.74, 6) is -0.899. The van der Waals surface area contributed by atoms with Crippen LogP contribution in [0.2, 0.25) is 0 Å². The fourth-order valence-corrected chi connectivity index (χ4v) is 4.22. The van der Waals surface area contributed by atoms with Crippen LogP contribution in [-0.2, 0) is 21.7 Å². The number of sulfone groups is 1. The lowest BCUT2D eigenvalue weighted by Crippen LogP contribution is -2.23. The quantitative estimate of drug-likeness (QED) is 0.792. The maximum absolute atomic E-state index is 13.6. The number of halogens is 2. The summed E-state index contributed by atoms with van der Waals surface area (Å²) in [6.45, 7) is 0. The third-order valence-electron chi connectivity index (χ3n) is 5.07. The molecule has 3 atom stereocenters. The summed E-state index contributed by atoms with van der Waals surface area (Å²) >= 11 is 0. The first-order valence-electron chi connectivity index (χ1n) is 9.02. The van der Waals surface area contributed by atoms with Crippen LogP contribution in [0, 0.1) is 5.92 Å². The molecule has 1 N–H and O–H groups in total. The monoisotopic (exact) mass is 411 g/mol. The SMILES string of the molecule is Cn1ccc(NC(=O)C(CC2C[C@@H](F)[C@H](F)C2)c2ccc(S(C)(=O)=O)cc2)n1. The molecule has 1 aromatic carbocycles. The zero-order valence-electron chi connectivity index (χ0n) is 15.7. The summed E-state index contributed by atoms with van der Waals surface area (Å²) < 4.78 is 52.1. The average Bonchev–Trinajstić information content (AvgIpc) is 3.17. The van der Waals surface area contributed by atoms with E-state index in [4.69, 9.17) is 0 Å². The number of aromatic nitrogens is 2. The van der Waals surface area contributed by atoms with Crippen LogP contribution in [0.5, 0.6) is 0 Å². The molecule has 0 aliphatic heterocycles. The van der Waals surface area contributed by atoms with Gasteiger partial charge in [-0.25, -0.2) is 17.2 Å². The maximum atomic E-state index is 13.6. The highest BCUT2D eigenvalue weighted by atomic mass is 32.2. The summed E-state index contributed by atoms with van der Waals surface area (Å²) in [5.41, 5.74) is 0.596. The summed E-state index contributed by atoms with van der Waals surface area (Å²) in [4.78, 5) is 13.0. The predicted octanol–water partition coefficient (Wildman–Crippen LogP) is 3.02. The highest BCUT2D eigenvalue weighted by molar-refractivity contribution is 7.90. The number of amides is 1.